The summed E-state index contributed by atoms with van der Waals surface area (Å²) in [5.74, 6) is 0.0295. The average molecular weight is 174 g/mol. The molecule has 4 aliphatic rings. The average Bonchev–Trinajstić information content (AvgIpc) is 2.81. The molecule has 13 heavy (non-hydrogen) atoms. The van der Waals surface area contributed by atoms with Gasteiger partial charge in [0.2, 0.25) is 0 Å². The molecule has 2 unspecified atom stereocenters. The zero-order chi connectivity index (χ0) is 9.05. The predicted molar refractivity (Wildman–Crippen MR) is 48.0 cm³/mol. The Morgan fingerprint density at radius 3 is 2.23 bits per heavy atom. The molecule has 0 amide bonds. The third kappa shape index (κ3) is 0.671. The number of hydrogen-bond acceptors (Lipinski definition) is 1. The lowest BCUT2D eigenvalue weighted by atomic mass is 10.0. The van der Waals surface area contributed by atoms with E-state index < -0.39 is 11.4 Å². The van der Waals surface area contributed by atoms with E-state index in [1.54, 1.807) is 0 Å². The van der Waals surface area contributed by atoms with E-state index in [-0.39, 0.29) is 11.8 Å². The molecule has 0 aliphatic heterocycles. The highest BCUT2D eigenvalue weighted by molar-refractivity contribution is 5.84. The first kappa shape index (κ1) is 7.13. The summed E-state index contributed by atoms with van der Waals surface area (Å²) in [5, 5.41) is 9.17. The van der Waals surface area contributed by atoms with E-state index in [9.17, 15) is 4.79 Å². The number of rotatable bonds is 1. The van der Waals surface area contributed by atoms with Gasteiger partial charge in [-0.15, -0.1) is 0 Å². The normalized spacial score (nSPS) is 48.8. The second kappa shape index (κ2) is 1.95. The first-order valence-electron chi connectivity index (χ1n) is 4.54. The minimum absolute atomic E-state index is 0.199. The van der Waals surface area contributed by atoms with E-state index in [1.165, 1.54) is 0 Å². The minimum Gasteiger partial charge on any atom is -0.481 e. The summed E-state index contributed by atoms with van der Waals surface area (Å²) in [4.78, 5) is 11.1. The lowest BCUT2D eigenvalue weighted by molar-refractivity contribution is -0.142. The van der Waals surface area contributed by atoms with Gasteiger partial charge in [-0.05, 0) is 0 Å². The molecule has 0 aromatic rings. The molecule has 1 fully saturated rings. The summed E-state index contributed by atoms with van der Waals surface area (Å²) in [6, 6.07) is 0. The lowest BCUT2D eigenvalue weighted by Gasteiger charge is -2.02. The fourth-order valence-corrected chi connectivity index (χ4v) is 2.56. The van der Waals surface area contributed by atoms with Crippen LogP contribution in [-0.2, 0) is 4.79 Å². The van der Waals surface area contributed by atoms with E-state index in [0.717, 1.165) is 0 Å². The van der Waals surface area contributed by atoms with E-state index in [4.69, 9.17) is 5.11 Å². The van der Waals surface area contributed by atoms with E-state index in [2.05, 4.69) is 24.3 Å². The van der Waals surface area contributed by atoms with Gasteiger partial charge in [-0.25, -0.2) is 0 Å². The zero-order valence-corrected chi connectivity index (χ0v) is 7.05. The van der Waals surface area contributed by atoms with Crippen LogP contribution in [0.15, 0.2) is 36.5 Å². The molecule has 66 valence electrons. The Hall–Kier alpha value is -1.31. The molecule has 0 heterocycles. The molecule has 2 nitrogen and oxygen atoms in total. The van der Waals surface area contributed by atoms with Crippen molar-refractivity contribution in [3.8, 4) is 0 Å². The van der Waals surface area contributed by atoms with Crippen LogP contribution in [0.4, 0.5) is 0 Å². The number of carboxylic acids is 1. The van der Waals surface area contributed by atoms with Gasteiger partial charge in [0.25, 0.3) is 0 Å². The highest BCUT2D eigenvalue weighted by Gasteiger charge is 2.66. The summed E-state index contributed by atoms with van der Waals surface area (Å²) in [6.45, 7) is 0. The van der Waals surface area contributed by atoms with Crippen molar-refractivity contribution >= 4 is 5.97 Å². The molecule has 4 aliphatic carbocycles. The van der Waals surface area contributed by atoms with Crippen LogP contribution in [0, 0.1) is 23.2 Å². The molecular weight excluding hydrogens is 164 g/mol. The summed E-state index contributed by atoms with van der Waals surface area (Å²) in [7, 11) is 0. The van der Waals surface area contributed by atoms with Crippen molar-refractivity contribution in [1.29, 1.82) is 0 Å². The first-order chi connectivity index (χ1) is 6.25. The SMILES string of the molecule is O=C(O)C12C=CC3C=CC1C2C=C3. The van der Waals surface area contributed by atoms with Crippen molar-refractivity contribution in [2.45, 2.75) is 0 Å². The van der Waals surface area contributed by atoms with Gasteiger partial charge >= 0.3 is 5.97 Å². The highest BCUT2D eigenvalue weighted by atomic mass is 16.4. The number of allylic oxidation sites excluding steroid dienone is 5. The van der Waals surface area contributed by atoms with Crippen LogP contribution in [0.1, 0.15) is 0 Å². The third-order valence-electron chi connectivity index (χ3n) is 3.43. The van der Waals surface area contributed by atoms with Crippen molar-refractivity contribution in [1.82, 2.24) is 0 Å². The fourth-order valence-electron chi connectivity index (χ4n) is 2.56. The van der Waals surface area contributed by atoms with Crippen LogP contribution in [0.25, 0.3) is 0 Å². The van der Waals surface area contributed by atoms with Gasteiger partial charge in [0.05, 0.1) is 5.41 Å². The molecule has 0 saturated heterocycles. The molecule has 0 radical (unpaired) electrons. The van der Waals surface area contributed by atoms with Gasteiger partial charge < -0.3 is 5.11 Å². The molecule has 4 rings (SSSR count). The Kier molecular flexibility index (Phi) is 1.07. The van der Waals surface area contributed by atoms with Gasteiger partial charge in [0.15, 0.2) is 0 Å². The van der Waals surface area contributed by atoms with Crippen molar-refractivity contribution in [2.75, 3.05) is 0 Å². The van der Waals surface area contributed by atoms with Crippen molar-refractivity contribution in [2.24, 2.45) is 23.2 Å². The number of carbonyl (C=O) groups is 1. The number of hydrogen-bond donors (Lipinski definition) is 1. The molecule has 0 aromatic carbocycles. The first-order valence-corrected chi connectivity index (χ1v) is 4.54. The predicted octanol–water partition coefficient (Wildman–Crippen LogP) is 1.62. The molecule has 4 bridgehead atoms. The summed E-state index contributed by atoms with van der Waals surface area (Å²) in [5.41, 5.74) is -0.599. The highest BCUT2D eigenvalue weighted by Crippen LogP contribution is 2.63. The molecular formula is C11H10O2. The largest absolute Gasteiger partial charge is 0.481 e. The van der Waals surface area contributed by atoms with Crippen LogP contribution in [-0.4, -0.2) is 11.1 Å². The number of carboxylic acid groups (broad SMARTS) is 1. The molecule has 0 spiro atoms. The Bertz CT molecular complexity index is 342. The Balaban J connectivity index is 2.17. The van der Waals surface area contributed by atoms with Crippen molar-refractivity contribution in [3.05, 3.63) is 36.5 Å². The third-order valence-corrected chi connectivity index (χ3v) is 3.43. The fraction of sp³-hybridized carbons (Fsp3) is 0.364. The lowest BCUT2D eigenvalue weighted by Crippen LogP contribution is -2.15. The molecule has 0 aromatic heterocycles. The van der Waals surface area contributed by atoms with Gasteiger partial charge in [-0.1, -0.05) is 36.5 Å². The Morgan fingerprint density at radius 2 is 1.69 bits per heavy atom. The maximum absolute atomic E-state index is 11.1. The van der Waals surface area contributed by atoms with Crippen molar-refractivity contribution in [3.63, 3.8) is 0 Å². The molecule has 1 saturated carbocycles. The van der Waals surface area contributed by atoms with Crippen LogP contribution in [0.5, 0.6) is 0 Å². The number of aliphatic carboxylic acids is 1. The topological polar surface area (TPSA) is 37.3 Å². The summed E-state index contributed by atoms with van der Waals surface area (Å²) in [6.07, 6.45) is 12.2. The van der Waals surface area contributed by atoms with E-state index >= 15 is 0 Å². The maximum atomic E-state index is 11.1. The minimum atomic E-state index is -0.685. The standard InChI is InChI=1S/C11H10O2/c12-10(13)11-6-5-7-1-3-8(11)9(11)4-2-7/h1-9H,(H,12,13). The van der Waals surface area contributed by atoms with E-state index in [0.29, 0.717) is 5.92 Å². The van der Waals surface area contributed by atoms with Crippen LogP contribution in [0.2, 0.25) is 0 Å². The zero-order valence-electron chi connectivity index (χ0n) is 7.05. The molecule has 2 heteroatoms. The molecule has 1 N–H and O–H groups in total. The quantitative estimate of drug-likeness (QED) is 0.613. The molecule has 2 atom stereocenters. The van der Waals surface area contributed by atoms with Gasteiger partial charge in [0.1, 0.15) is 0 Å². The second-order valence-corrected chi connectivity index (χ2v) is 4.00. The van der Waals surface area contributed by atoms with Crippen LogP contribution >= 0.6 is 0 Å². The van der Waals surface area contributed by atoms with E-state index in [1.807, 2.05) is 12.2 Å². The van der Waals surface area contributed by atoms with Crippen molar-refractivity contribution < 1.29 is 9.90 Å². The summed E-state index contributed by atoms with van der Waals surface area (Å²) >= 11 is 0. The van der Waals surface area contributed by atoms with Gasteiger partial charge in [-0.2, -0.15) is 0 Å². The summed E-state index contributed by atoms with van der Waals surface area (Å²) < 4.78 is 0. The van der Waals surface area contributed by atoms with Gasteiger partial charge in [0, 0.05) is 17.8 Å². The van der Waals surface area contributed by atoms with Crippen LogP contribution < -0.4 is 0 Å². The smallest absolute Gasteiger partial charge is 0.314 e. The van der Waals surface area contributed by atoms with Gasteiger partial charge in [-0.3, -0.25) is 4.79 Å². The Labute approximate surface area is 76.3 Å². The second-order valence-electron chi connectivity index (χ2n) is 4.00. The maximum Gasteiger partial charge on any atom is 0.314 e. The Morgan fingerprint density at radius 1 is 1.08 bits per heavy atom. The monoisotopic (exact) mass is 174 g/mol. The van der Waals surface area contributed by atoms with Crippen LogP contribution in [0.3, 0.4) is 0 Å².